The fourth-order valence-corrected chi connectivity index (χ4v) is 2.69. The third-order valence-electron chi connectivity index (χ3n) is 3.29. The molecule has 2 aliphatic heterocycles. The second-order valence-electron chi connectivity index (χ2n) is 3.73. The first kappa shape index (κ1) is 6.21. The van der Waals surface area contributed by atoms with Crippen molar-refractivity contribution < 1.29 is 9.78 Å². The quantitative estimate of drug-likeness (QED) is 0.419. The molecule has 4 aliphatic rings. The molecule has 0 aromatic rings. The van der Waals surface area contributed by atoms with Crippen molar-refractivity contribution >= 4 is 0 Å². The number of fused-ring (bicyclic) bond motifs is 1. The van der Waals surface area contributed by atoms with E-state index in [1.807, 2.05) is 0 Å². The summed E-state index contributed by atoms with van der Waals surface area (Å²) in [5, 5.41) is 0. The molecule has 0 spiro atoms. The predicted molar refractivity (Wildman–Crippen MR) is 39.6 cm³/mol. The first-order valence-electron chi connectivity index (χ1n) is 4.42. The minimum absolute atomic E-state index is 0.273. The molecular formula is C9H12O2. The van der Waals surface area contributed by atoms with Gasteiger partial charge < -0.3 is 0 Å². The van der Waals surface area contributed by atoms with Gasteiger partial charge in [0.05, 0.1) is 0 Å². The zero-order chi connectivity index (χ0) is 7.42. The van der Waals surface area contributed by atoms with Crippen LogP contribution in [0, 0.1) is 17.8 Å². The Morgan fingerprint density at radius 1 is 1.09 bits per heavy atom. The van der Waals surface area contributed by atoms with Crippen LogP contribution in [-0.4, -0.2) is 12.2 Å². The van der Waals surface area contributed by atoms with Crippen molar-refractivity contribution in [3.05, 3.63) is 12.2 Å². The van der Waals surface area contributed by atoms with Gasteiger partial charge >= 0.3 is 0 Å². The molecule has 11 heavy (non-hydrogen) atoms. The van der Waals surface area contributed by atoms with E-state index < -0.39 is 0 Å². The Morgan fingerprint density at radius 3 is 2.00 bits per heavy atom. The van der Waals surface area contributed by atoms with Crippen LogP contribution < -0.4 is 0 Å². The van der Waals surface area contributed by atoms with E-state index in [0.29, 0.717) is 0 Å². The van der Waals surface area contributed by atoms with Gasteiger partial charge in [-0.25, -0.2) is 9.78 Å². The summed E-state index contributed by atoms with van der Waals surface area (Å²) in [6.07, 6.45) is 6.14. The van der Waals surface area contributed by atoms with Gasteiger partial charge in [0.15, 0.2) is 0 Å². The highest BCUT2D eigenvalue weighted by Gasteiger charge is 2.61. The fraction of sp³-hybridized carbons (Fsp3) is 0.778. The van der Waals surface area contributed by atoms with Crippen LogP contribution >= 0.6 is 0 Å². The lowest BCUT2D eigenvalue weighted by molar-refractivity contribution is -0.364. The molecule has 2 bridgehead atoms. The molecule has 0 radical (unpaired) electrons. The molecule has 2 nitrogen and oxygen atoms in total. The van der Waals surface area contributed by atoms with Crippen LogP contribution in [0.1, 0.15) is 13.3 Å². The average molecular weight is 152 g/mol. The summed E-state index contributed by atoms with van der Waals surface area (Å²) in [6.45, 7) is 2.25. The summed E-state index contributed by atoms with van der Waals surface area (Å²) in [7, 11) is 0. The normalized spacial score (nSPS) is 57.7. The topological polar surface area (TPSA) is 18.5 Å². The van der Waals surface area contributed by atoms with E-state index in [9.17, 15) is 0 Å². The van der Waals surface area contributed by atoms with Gasteiger partial charge in [0.2, 0.25) is 0 Å². The molecule has 2 fully saturated rings. The van der Waals surface area contributed by atoms with E-state index in [1.54, 1.807) is 0 Å². The van der Waals surface area contributed by atoms with Gasteiger partial charge in [-0.2, -0.15) is 0 Å². The van der Waals surface area contributed by atoms with Crippen molar-refractivity contribution in [2.75, 3.05) is 0 Å². The van der Waals surface area contributed by atoms with Crippen LogP contribution in [0.5, 0.6) is 0 Å². The average Bonchev–Trinajstić information content (AvgIpc) is 2.81. The van der Waals surface area contributed by atoms with Gasteiger partial charge in [0, 0.05) is 11.8 Å². The van der Waals surface area contributed by atoms with Crippen molar-refractivity contribution in [2.24, 2.45) is 17.8 Å². The summed E-state index contributed by atoms with van der Waals surface area (Å²) >= 11 is 0. The summed E-state index contributed by atoms with van der Waals surface area (Å²) in [4.78, 5) is 10.4. The zero-order valence-electron chi connectivity index (χ0n) is 6.57. The van der Waals surface area contributed by atoms with Crippen LogP contribution in [0.4, 0.5) is 0 Å². The third kappa shape index (κ3) is 0.644. The Morgan fingerprint density at radius 2 is 1.64 bits per heavy atom. The molecule has 1 unspecified atom stereocenters. The lowest BCUT2D eigenvalue weighted by Crippen LogP contribution is -2.32. The van der Waals surface area contributed by atoms with Crippen LogP contribution in [-0.2, 0) is 9.78 Å². The standard InChI is InChI=1S/C9H12O2/c1-2-5-8-6-3-4-7(9(5)8)11-10-6/h3-9H,2H2,1H3/t5?,6-,7+,8-,9-/m0/s1. The number of rotatable bonds is 1. The Balaban J connectivity index is 1.90. The zero-order valence-corrected chi connectivity index (χ0v) is 6.57. The van der Waals surface area contributed by atoms with Gasteiger partial charge in [-0.3, -0.25) is 0 Å². The molecule has 1 saturated carbocycles. The maximum absolute atomic E-state index is 5.18. The smallest absolute Gasteiger partial charge is 0.115 e. The molecule has 0 amide bonds. The van der Waals surface area contributed by atoms with Crippen molar-refractivity contribution in [3.63, 3.8) is 0 Å². The Bertz CT molecular complexity index is 192. The Labute approximate surface area is 66.1 Å². The second-order valence-corrected chi connectivity index (χ2v) is 3.73. The molecular weight excluding hydrogens is 140 g/mol. The highest BCUT2D eigenvalue weighted by Crippen LogP contribution is 2.59. The van der Waals surface area contributed by atoms with E-state index >= 15 is 0 Å². The first-order chi connectivity index (χ1) is 5.42. The summed E-state index contributed by atoms with van der Waals surface area (Å²) in [5.41, 5.74) is 0. The van der Waals surface area contributed by atoms with Gasteiger partial charge in [0.25, 0.3) is 0 Å². The maximum Gasteiger partial charge on any atom is 0.115 e. The fourth-order valence-electron chi connectivity index (χ4n) is 2.69. The monoisotopic (exact) mass is 152 g/mol. The van der Waals surface area contributed by atoms with Gasteiger partial charge in [-0.15, -0.1) is 0 Å². The molecule has 0 N–H and O–H groups in total. The number of hydrogen-bond acceptors (Lipinski definition) is 2. The van der Waals surface area contributed by atoms with E-state index in [-0.39, 0.29) is 12.2 Å². The first-order valence-corrected chi connectivity index (χ1v) is 4.42. The molecule has 2 heteroatoms. The molecule has 2 heterocycles. The minimum atomic E-state index is 0.273. The second kappa shape index (κ2) is 1.87. The molecule has 0 aromatic heterocycles. The highest BCUT2D eigenvalue weighted by molar-refractivity contribution is 5.20. The largest absolute Gasteiger partial charge is 0.228 e. The van der Waals surface area contributed by atoms with E-state index in [1.165, 1.54) is 6.42 Å². The van der Waals surface area contributed by atoms with Gasteiger partial charge in [-0.1, -0.05) is 25.5 Å². The van der Waals surface area contributed by atoms with Crippen molar-refractivity contribution in [1.82, 2.24) is 0 Å². The van der Waals surface area contributed by atoms with Crippen LogP contribution in [0.15, 0.2) is 12.2 Å². The molecule has 1 saturated heterocycles. The van der Waals surface area contributed by atoms with Gasteiger partial charge in [0.1, 0.15) is 12.2 Å². The third-order valence-corrected chi connectivity index (χ3v) is 3.29. The maximum atomic E-state index is 5.18. The number of hydrogen-bond donors (Lipinski definition) is 0. The van der Waals surface area contributed by atoms with Crippen molar-refractivity contribution in [2.45, 2.75) is 25.6 Å². The summed E-state index contributed by atoms with van der Waals surface area (Å²) in [6, 6.07) is 0. The van der Waals surface area contributed by atoms with Crippen LogP contribution in [0.25, 0.3) is 0 Å². The lowest BCUT2D eigenvalue weighted by Gasteiger charge is -2.28. The SMILES string of the molecule is CCC1[C@@H]2[C@@H]1[C@H]1C=C[C@@H]2OO1. The molecule has 0 aromatic carbocycles. The van der Waals surface area contributed by atoms with E-state index in [4.69, 9.17) is 9.78 Å². The van der Waals surface area contributed by atoms with E-state index in [2.05, 4.69) is 19.1 Å². The van der Waals surface area contributed by atoms with Crippen molar-refractivity contribution in [3.8, 4) is 0 Å². The molecule has 5 atom stereocenters. The van der Waals surface area contributed by atoms with E-state index in [0.717, 1.165) is 17.8 Å². The molecule has 2 aliphatic carbocycles. The van der Waals surface area contributed by atoms with Gasteiger partial charge in [-0.05, 0) is 5.92 Å². The van der Waals surface area contributed by atoms with Crippen LogP contribution in [0.2, 0.25) is 0 Å². The highest BCUT2D eigenvalue weighted by atomic mass is 17.2. The lowest BCUT2D eigenvalue weighted by atomic mass is 10.0. The Hall–Kier alpha value is -0.340. The summed E-state index contributed by atoms with van der Waals surface area (Å²) in [5.74, 6) is 2.43. The molecule has 4 rings (SSSR count). The predicted octanol–water partition coefficient (Wildman–Crippen LogP) is 1.53. The van der Waals surface area contributed by atoms with Crippen molar-refractivity contribution in [1.29, 1.82) is 0 Å². The Kier molecular flexibility index (Phi) is 1.06. The van der Waals surface area contributed by atoms with Crippen LogP contribution in [0.3, 0.4) is 0 Å². The summed E-state index contributed by atoms with van der Waals surface area (Å²) < 4.78 is 0. The minimum Gasteiger partial charge on any atom is -0.228 e. The molecule has 60 valence electrons.